The number of aryl methyl sites for hydroxylation is 1. The normalized spacial score (nSPS) is 15.0. The molecule has 0 aliphatic carbocycles. The fraction of sp³-hybridized carbons (Fsp3) is 0.0833. The summed E-state index contributed by atoms with van der Waals surface area (Å²) < 4.78 is 28.6. The Balaban J connectivity index is 1.43. The van der Waals surface area contributed by atoms with Crippen molar-refractivity contribution in [3.05, 3.63) is 136 Å². The van der Waals surface area contributed by atoms with Gasteiger partial charge in [0.1, 0.15) is 16.8 Å². The molecular formula is C36H23Cl8N5O4S2. The van der Waals surface area contributed by atoms with Crippen molar-refractivity contribution in [1.82, 2.24) is 5.43 Å². The molecule has 9 nitrogen and oxygen atoms in total. The summed E-state index contributed by atoms with van der Waals surface area (Å²) in [5, 5.41) is 2.45. The molecule has 0 spiro atoms. The third-order valence-corrected chi connectivity index (χ3v) is 14.2. The van der Waals surface area contributed by atoms with Crippen LogP contribution >= 0.6 is 105 Å². The fourth-order valence-corrected chi connectivity index (χ4v) is 9.61. The van der Waals surface area contributed by atoms with Gasteiger partial charge in [0.2, 0.25) is 0 Å². The molecule has 1 aliphatic rings. The molecule has 1 heterocycles. The zero-order chi connectivity index (χ0) is 39.9. The summed E-state index contributed by atoms with van der Waals surface area (Å²) >= 11 is 52.0. The lowest BCUT2D eigenvalue weighted by molar-refractivity contribution is -0.116. The van der Waals surface area contributed by atoms with Crippen molar-refractivity contribution >= 4 is 155 Å². The van der Waals surface area contributed by atoms with Gasteiger partial charge in [0, 0.05) is 22.7 Å². The number of amides is 2. The molecule has 5 aromatic rings. The summed E-state index contributed by atoms with van der Waals surface area (Å²) in [5.74, 6) is -1.15. The first-order chi connectivity index (χ1) is 26.0. The Kier molecular flexibility index (Phi) is 12.7. The number of anilines is 3. The van der Waals surface area contributed by atoms with Crippen molar-refractivity contribution in [2.75, 3.05) is 21.7 Å². The molecule has 55 heavy (non-hydrogen) atoms. The van der Waals surface area contributed by atoms with Crippen molar-refractivity contribution < 1.29 is 18.0 Å². The van der Waals surface area contributed by atoms with Gasteiger partial charge in [-0.1, -0.05) is 123 Å². The smallest absolute Gasteiger partial charge is 0.267 e. The van der Waals surface area contributed by atoms with Gasteiger partial charge in [0.25, 0.3) is 21.8 Å². The van der Waals surface area contributed by atoms with E-state index in [0.29, 0.717) is 15.6 Å². The molecule has 1 saturated heterocycles. The largest absolute Gasteiger partial charge is 0.322 e. The van der Waals surface area contributed by atoms with Crippen LogP contribution in [0.4, 0.5) is 22.7 Å². The third kappa shape index (κ3) is 8.48. The van der Waals surface area contributed by atoms with Crippen LogP contribution in [-0.2, 0) is 14.8 Å². The van der Waals surface area contributed by atoms with E-state index in [1.807, 2.05) is 6.92 Å². The predicted molar refractivity (Wildman–Crippen MR) is 228 cm³/mol. The lowest BCUT2D eigenvalue weighted by Gasteiger charge is -2.23. The van der Waals surface area contributed by atoms with E-state index < -0.39 is 27.1 Å². The second-order valence-corrected chi connectivity index (χ2v) is 18.0. The molecule has 0 aromatic heterocycles. The number of carbonyl (C=O) groups excluding carboxylic acids is 2. The number of rotatable bonds is 9. The molecule has 0 radical (unpaired) electrons. The minimum Gasteiger partial charge on any atom is -0.322 e. The number of amidine groups is 1. The number of halogens is 8. The number of benzene rings is 5. The number of aliphatic imine (C=N–C) groups is 1. The molecule has 2 amide bonds. The number of sulfonamides is 1. The maximum Gasteiger partial charge on any atom is 0.267 e. The number of hydrogen-bond donors (Lipinski definition) is 2. The molecule has 5 aromatic carbocycles. The number of carbonyl (C=O) groups is 2. The van der Waals surface area contributed by atoms with Gasteiger partial charge in [-0.25, -0.2) is 18.4 Å². The van der Waals surface area contributed by atoms with Gasteiger partial charge in [-0.05, 0) is 67.6 Å². The molecule has 1 atom stereocenters. The van der Waals surface area contributed by atoms with Gasteiger partial charge in [0.05, 0.1) is 57.0 Å². The van der Waals surface area contributed by atoms with Gasteiger partial charge in [-0.2, -0.15) is 0 Å². The highest BCUT2D eigenvalue weighted by atomic mass is 35.5. The van der Waals surface area contributed by atoms with Crippen LogP contribution in [0.1, 0.15) is 15.9 Å². The van der Waals surface area contributed by atoms with Crippen LogP contribution in [0.25, 0.3) is 0 Å². The maximum atomic E-state index is 14.4. The Labute approximate surface area is 360 Å². The summed E-state index contributed by atoms with van der Waals surface area (Å²) in [4.78, 5) is 32.7. The molecule has 0 saturated carbocycles. The molecule has 1 aliphatic heterocycles. The highest BCUT2D eigenvalue weighted by molar-refractivity contribution is 8.01. The van der Waals surface area contributed by atoms with Crippen LogP contribution in [0, 0.1) is 6.92 Å². The molecule has 1 fully saturated rings. The summed E-state index contributed by atoms with van der Waals surface area (Å²) in [6.45, 7) is 1.85. The van der Waals surface area contributed by atoms with E-state index >= 15 is 0 Å². The molecule has 2 N–H and O–H groups in total. The van der Waals surface area contributed by atoms with Crippen molar-refractivity contribution in [3.8, 4) is 0 Å². The number of thioether (sulfide) groups is 1. The lowest BCUT2D eigenvalue weighted by Crippen LogP contribution is -2.36. The number of nitrogens with zero attached hydrogens (tertiary/aromatic N) is 3. The number of hydrogen-bond acceptors (Lipinski definition) is 6. The molecule has 284 valence electrons. The Hall–Kier alpha value is -3.07. The van der Waals surface area contributed by atoms with Crippen molar-refractivity contribution in [3.63, 3.8) is 0 Å². The van der Waals surface area contributed by atoms with E-state index in [4.69, 9.17) is 97.8 Å². The van der Waals surface area contributed by atoms with Crippen LogP contribution in [0.3, 0.4) is 0 Å². The monoisotopic (exact) mass is 933 g/mol. The van der Waals surface area contributed by atoms with Gasteiger partial charge in [-0.3, -0.25) is 19.3 Å². The Morgan fingerprint density at radius 2 is 1.45 bits per heavy atom. The van der Waals surface area contributed by atoms with E-state index in [0.717, 1.165) is 26.6 Å². The van der Waals surface area contributed by atoms with E-state index in [2.05, 4.69) is 10.7 Å². The lowest BCUT2D eigenvalue weighted by atomic mass is 10.2. The van der Waals surface area contributed by atoms with Gasteiger partial charge in [-0.15, -0.1) is 11.8 Å². The van der Waals surface area contributed by atoms with Gasteiger partial charge in [0.15, 0.2) is 0 Å². The highest BCUT2D eigenvalue weighted by Crippen LogP contribution is 2.49. The first-order valence-electron chi connectivity index (χ1n) is 15.6. The molecule has 19 heteroatoms. The van der Waals surface area contributed by atoms with E-state index in [1.165, 1.54) is 49.5 Å². The molecule has 6 rings (SSSR count). The molecule has 1 unspecified atom stereocenters. The number of nitrogens with one attached hydrogen (secondary N) is 2. The third-order valence-electron chi connectivity index (χ3n) is 8.08. The standard InChI is InChI=1S/C36H23Cl8N5O4S2/c1-17-7-11-20(12-8-17)55(52,53)48(2)25-5-3-4-6-26(25)54-33-34(47-49(36(33)51)32-30(43)28(41)27(40)29(42)31(32)44)46-24-16-19(10-14-22(24)38)45-35(50)21-13-9-18(37)15-23(21)39/h3-16,33H,1-2H3,(H,45,50)(H,46,47). The number of hydrazine groups is 1. The summed E-state index contributed by atoms with van der Waals surface area (Å²) in [5.41, 5.74) is 4.61. The van der Waals surface area contributed by atoms with Crippen molar-refractivity contribution in [2.45, 2.75) is 22.0 Å². The van der Waals surface area contributed by atoms with E-state index in [1.54, 1.807) is 42.5 Å². The molecular weight excluding hydrogens is 914 g/mol. The average Bonchev–Trinajstić information content (AvgIpc) is 3.44. The zero-order valence-electron chi connectivity index (χ0n) is 28.0. The Morgan fingerprint density at radius 1 is 0.818 bits per heavy atom. The fourth-order valence-electron chi connectivity index (χ4n) is 5.23. The summed E-state index contributed by atoms with van der Waals surface area (Å²) in [6, 6.07) is 22.1. The minimum atomic E-state index is -4.03. The zero-order valence-corrected chi connectivity index (χ0v) is 35.7. The van der Waals surface area contributed by atoms with Crippen LogP contribution in [0.15, 0.2) is 99.7 Å². The van der Waals surface area contributed by atoms with Crippen molar-refractivity contribution in [1.29, 1.82) is 0 Å². The Bertz CT molecular complexity index is 2490. The van der Waals surface area contributed by atoms with Crippen LogP contribution in [0.5, 0.6) is 0 Å². The predicted octanol–water partition coefficient (Wildman–Crippen LogP) is 12.0. The van der Waals surface area contributed by atoms with E-state index in [9.17, 15) is 18.0 Å². The minimum absolute atomic E-state index is 0.0225. The average molecular weight is 937 g/mol. The van der Waals surface area contributed by atoms with Crippen LogP contribution < -0.4 is 20.1 Å². The maximum absolute atomic E-state index is 14.4. The first-order valence-corrected chi connectivity index (χ1v) is 20.9. The summed E-state index contributed by atoms with van der Waals surface area (Å²) in [6.07, 6.45) is 0. The topological polar surface area (TPSA) is 111 Å². The van der Waals surface area contributed by atoms with Gasteiger partial charge < -0.3 is 5.32 Å². The SMILES string of the molecule is Cc1ccc(S(=O)(=O)N(C)c2ccccc2SC2C(=O)N(c3c(Cl)c(Cl)c(Cl)c(Cl)c3Cl)NC2=Nc2cc(NC(=O)c3ccc(Cl)cc3Cl)ccc2Cl)cc1. The van der Waals surface area contributed by atoms with Crippen LogP contribution in [-0.4, -0.2) is 38.4 Å². The second kappa shape index (κ2) is 16.8. The number of para-hydroxylation sites is 1. The second-order valence-electron chi connectivity index (χ2n) is 11.7. The Morgan fingerprint density at radius 3 is 2.11 bits per heavy atom. The summed E-state index contributed by atoms with van der Waals surface area (Å²) in [7, 11) is -2.61. The quantitative estimate of drug-likeness (QED) is 0.112. The highest BCUT2D eigenvalue weighted by Gasteiger charge is 2.43. The van der Waals surface area contributed by atoms with E-state index in [-0.39, 0.29) is 68.5 Å². The van der Waals surface area contributed by atoms with Crippen LogP contribution in [0.2, 0.25) is 40.2 Å². The molecule has 0 bridgehead atoms. The van der Waals surface area contributed by atoms with Crippen molar-refractivity contribution in [2.24, 2.45) is 4.99 Å². The first kappa shape index (κ1) is 41.6. The van der Waals surface area contributed by atoms with Gasteiger partial charge >= 0.3 is 0 Å².